The number of carbonyl (C=O) groups is 2. The number of esters is 1. The van der Waals surface area contributed by atoms with E-state index in [1.807, 2.05) is 26.0 Å². The summed E-state index contributed by atoms with van der Waals surface area (Å²) in [4.78, 5) is 23.7. The van der Waals surface area contributed by atoms with E-state index in [0.717, 1.165) is 12.8 Å². The molecule has 0 spiro atoms. The zero-order chi connectivity index (χ0) is 14.1. The molecule has 0 radical (unpaired) electrons. The van der Waals surface area contributed by atoms with Gasteiger partial charge in [-0.1, -0.05) is 19.1 Å². The first-order valence-corrected chi connectivity index (χ1v) is 6.37. The van der Waals surface area contributed by atoms with Crippen molar-refractivity contribution in [2.24, 2.45) is 5.92 Å². The van der Waals surface area contributed by atoms with E-state index in [0.29, 0.717) is 6.42 Å². The van der Waals surface area contributed by atoms with Gasteiger partial charge < -0.3 is 9.64 Å². The molecule has 0 bridgehead atoms. The van der Waals surface area contributed by atoms with Gasteiger partial charge in [0.1, 0.15) is 6.10 Å². The summed E-state index contributed by atoms with van der Waals surface area (Å²) < 4.78 is 5.11. The summed E-state index contributed by atoms with van der Waals surface area (Å²) >= 11 is 0. The summed E-state index contributed by atoms with van der Waals surface area (Å²) in [5.41, 5.74) is 0. The van der Waals surface area contributed by atoms with E-state index in [2.05, 4.69) is 0 Å². The number of allylic oxidation sites excluding steroid dienone is 2. The molecular formula is C14H25NO3. The molecule has 2 unspecified atom stereocenters. The third-order valence-corrected chi connectivity index (χ3v) is 2.85. The van der Waals surface area contributed by atoms with E-state index in [9.17, 15) is 9.59 Å². The van der Waals surface area contributed by atoms with Crippen molar-refractivity contribution >= 4 is 11.9 Å². The Bertz CT molecular complexity index is 297. The summed E-state index contributed by atoms with van der Waals surface area (Å²) in [6.07, 6.45) is 6.13. The van der Waals surface area contributed by atoms with Gasteiger partial charge in [0.2, 0.25) is 5.91 Å². The fourth-order valence-corrected chi connectivity index (χ4v) is 1.43. The monoisotopic (exact) mass is 255 g/mol. The SMILES string of the molecule is CC(=O)OC(C)C(C)CC=CCCC(=O)N(C)C. The highest BCUT2D eigenvalue weighted by Crippen LogP contribution is 2.12. The summed E-state index contributed by atoms with van der Waals surface area (Å²) in [7, 11) is 3.52. The van der Waals surface area contributed by atoms with Gasteiger partial charge in [0.25, 0.3) is 0 Å². The molecule has 0 N–H and O–H groups in total. The molecule has 0 aliphatic heterocycles. The van der Waals surface area contributed by atoms with Crippen molar-refractivity contribution in [3.8, 4) is 0 Å². The molecule has 104 valence electrons. The van der Waals surface area contributed by atoms with Crippen LogP contribution in [0.15, 0.2) is 12.2 Å². The number of amides is 1. The molecule has 0 aromatic carbocycles. The Balaban J connectivity index is 3.81. The van der Waals surface area contributed by atoms with Crippen molar-refractivity contribution in [3.05, 3.63) is 12.2 Å². The van der Waals surface area contributed by atoms with Crippen LogP contribution in [-0.2, 0) is 14.3 Å². The van der Waals surface area contributed by atoms with Gasteiger partial charge in [-0.3, -0.25) is 9.59 Å². The second kappa shape index (κ2) is 8.72. The quantitative estimate of drug-likeness (QED) is 0.518. The molecule has 4 heteroatoms. The number of carbonyl (C=O) groups excluding carboxylic acids is 2. The van der Waals surface area contributed by atoms with E-state index in [1.165, 1.54) is 6.92 Å². The van der Waals surface area contributed by atoms with Crippen molar-refractivity contribution in [2.45, 2.75) is 46.1 Å². The van der Waals surface area contributed by atoms with Gasteiger partial charge in [0.15, 0.2) is 0 Å². The van der Waals surface area contributed by atoms with E-state index in [-0.39, 0.29) is 23.9 Å². The van der Waals surface area contributed by atoms with Crippen molar-refractivity contribution in [3.63, 3.8) is 0 Å². The Morgan fingerprint density at radius 1 is 1.22 bits per heavy atom. The third-order valence-electron chi connectivity index (χ3n) is 2.85. The summed E-state index contributed by atoms with van der Waals surface area (Å²) in [5, 5.41) is 0. The smallest absolute Gasteiger partial charge is 0.302 e. The molecule has 1 amide bonds. The van der Waals surface area contributed by atoms with Gasteiger partial charge in [0.05, 0.1) is 0 Å². The van der Waals surface area contributed by atoms with Crippen molar-refractivity contribution < 1.29 is 14.3 Å². The van der Waals surface area contributed by atoms with E-state index in [1.54, 1.807) is 19.0 Å². The fourth-order valence-electron chi connectivity index (χ4n) is 1.43. The average Bonchev–Trinajstić information content (AvgIpc) is 2.26. The van der Waals surface area contributed by atoms with Crippen LogP contribution in [0, 0.1) is 5.92 Å². The molecule has 0 aromatic heterocycles. The average molecular weight is 255 g/mol. The summed E-state index contributed by atoms with van der Waals surface area (Å²) in [6, 6.07) is 0. The number of nitrogens with zero attached hydrogens (tertiary/aromatic N) is 1. The van der Waals surface area contributed by atoms with Gasteiger partial charge in [-0.25, -0.2) is 0 Å². The number of hydrogen-bond acceptors (Lipinski definition) is 3. The predicted molar refractivity (Wildman–Crippen MR) is 72.1 cm³/mol. The highest BCUT2D eigenvalue weighted by atomic mass is 16.5. The van der Waals surface area contributed by atoms with Crippen molar-refractivity contribution in [1.82, 2.24) is 4.90 Å². The predicted octanol–water partition coefficient (Wildman–Crippen LogP) is 2.39. The van der Waals surface area contributed by atoms with Gasteiger partial charge in [0, 0.05) is 27.4 Å². The Kier molecular flexibility index (Phi) is 8.08. The highest BCUT2D eigenvalue weighted by molar-refractivity contribution is 5.75. The molecule has 0 heterocycles. The zero-order valence-corrected chi connectivity index (χ0v) is 12.1. The van der Waals surface area contributed by atoms with E-state index in [4.69, 9.17) is 4.74 Å². The molecule has 4 nitrogen and oxygen atoms in total. The van der Waals surface area contributed by atoms with E-state index >= 15 is 0 Å². The molecule has 18 heavy (non-hydrogen) atoms. The minimum atomic E-state index is -0.241. The lowest BCUT2D eigenvalue weighted by Crippen LogP contribution is -2.21. The normalized spacial score (nSPS) is 14.3. The van der Waals surface area contributed by atoms with Crippen LogP contribution >= 0.6 is 0 Å². The molecular weight excluding hydrogens is 230 g/mol. The lowest BCUT2D eigenvalue weighted by atomic mass is 10.0. The number of hydrogen-bond donors (Lipinski definition) is 0. The number of rotatable bonds is 7. The van der Waals surface area contributed by atoms with Crippen LogP contribution in [0.2, 0.25) is 0 Å². The summed E-state index contributed by atoms with van der Waals surface area (Å²) in [6.45, 7) is 5.37. The maximum absolute atomic E-state index is 11.3. The second-order valence-electron chi connectivity index (χ2n) is 4.83. The van der Waals surface area contributed by atoms with Crippen LogP contribution in [0.1, 0.15) is 40.0 Å². The topological polar surface area (TPSA) is 46.6 Å². The molecule has 0 fully saturated rings. The van der Waals surface area contributed by atoms with Gasteiger partial charge >= 0.3 is 5.97 Å². The minimum Gasteiger partial charge on any atom is -0.463 e. The fraction of sp³-hybridized carbons (Fsp3) is 0.714. The Labute approximate surface area is 110 Å². The van der Waals surface area contributed by atoms with Gasteiger partial charge in [-0.15, -0.1) is 0 Å². The largest absolute Gasteiger partial charge is 0.463 e. The minimum absolute atomic E-state index is 0.0736. The van der Waals surface area contributed by atoms with Crippen LogP contribution in [0.3, 0.4) is 0 Å². The van der Waals surface area contributed by atoms with Crippen molar-refractivity contribution in [1.29, 1.82) is 0 Å². The molecule has 0 saturated carbocycles. The number of ether oxygens (including phenoxy) is 1. The Hall–Kier alpha value is -1.32. The maximum atomic E-state index is 11.3. The maximum Gasteiger partial charge on any atom is 0.302 e. The molecule has 0 rings (SSSR count). The lowest BCUT2D eigenvalue weighted by molar-refractivity contribution is -0.147. The standard InChI is InChI=1S/C14H25NO3/c1-11(12(2)18-13(3)16)9-7-6-8-10-14(17)15(4)5/h6-7,11-12H,8-10H2,1-5H3. The Morgan fingerprint density at radius 3 is 2.33 bits per heavy atom. The lowest BCUT2D eigenvalue weighted by Gasteiger charge is -2.18. The van der Waals surface area contributed by atoms with Crippen LogP contribution in [0.5, 0.6) is 0 Å². The summed E-state index contributed by atoms with van der Waals surface area (Å²) in [5.74, 6) is 0.186. The van der Waals surface area contributed by atoms with Crippen LogP contribution in [0.4, 0.5) is 0 Å². The second-order valence-corrected chi connectivity index (χ2v) is 4.83. The highest BCUT2D eigenvalue weighted by Gasteiger charge is 2.13. The Morgan fingerprint density at radius 2 is 1.83 bits per heavy atom. The molecule has 0 saturated heterocycles. The molecule has 2 atom stereocenters. The van der Waals surface area contributed by atoms with Crippen LogP contribution < -0.4 is 0 Å². The first kappa shape index (κ1) is 16.7. The first-order chi connectivity index (χ1) is 8.34. The molecule has 0 aliphatic carbocycles. The van der Waals surface area contributed by atoms with Crippen molar-refractivity contribution in [2.75, 3.05) is 14.1 Å². The first-order valence-electron chi connectivity index (χ1n) is 6.37. The van der Waals surface area contributed by atoms with Gasteiger partial charge in [-0.2, -0.15) is 0 Å². The molecule has 0 aromatic rings. The van der Waals surface area contributed by atoms with E-state index < -0.39 is 0 Å². The zero-order valence-electron chi connectivity index (χ0n) is 12.1. The molecule has 0 aliphatic rings. The van der Waals surface area contributed by atoms with Crippen LogP contribution in [-0.4, -0.2) is 37.0 Å². The van der Waals surface area contributed by atoms with Crippen LogP contribution in [0.25, 0.3) is 0 Å². The van der Waals surface area contributed by atoms with Gasteiger partial charge in [-0.05, 0) is 25.7 Å². The third kappa shape index (κ3) is 7.87.